The number of rotatable bonds is 9. The Morgan fingerprint density at radius 2 is 2.07 bits per heavy atom. The smallest absolute Gasteiger partial charge is 0.247 e. The van der Waals surface area contributed by atoms with Gasteiger partial charge in [-0.15, -0.1) is 0 Å². The monoisotopic (exact) mass is 518 g/mol. The zero-order valence-corrected chi connectivity index (χ0v) is 18.7. The maximum Gasteiger partial charge on any atom is 0.247 e. The van der Waals surface area contributed by atoms with Gasteiger partial charge in [0, 0.05) is 39.1 Å². The van der Waals surface area contributed by atoms with Crippen molar-refractivity contribution in [2.75, 3.05) is 33.4 Å². The molecule has 29 heavy (non-hydrogen) atoms. The van der Waals surface area contributed by atoms with E-state index in [0.717, 1.165) is 3.57 Å². The first-order valence-corrected chi connectivity index (χ1v) is 10.4. The molecule has 0 saturated heterocycles. The van der Waals surface area contributed by atoms with Gasteiger partial charge in [-0.2, -0.15) is 0 Å². The Balaban J connectivity index is 2.34. The number of nitrogens with zero attached hydrogens (tertiary/aromatic N) is 1. The van der Waals surface area contributed by atoms with E-state index in [9.17, 15) is 14.7 Å². The van der Waals surface area contributed by atoms with Crippen LogP contribution in [0, 0.1) is 3.57 Å². The number of methoxy groups -OCH3 is 1. The van der Waals surface area contributed by atoms with Crippen molar-refractivity contribution in [1.82, 2.24) is 10.2 Å². The van der Waals surface area contributed by atoms with Crippen LogP contribution in [-0.2, 0) is 14.3 Å². The second-order valence-corrected chi connectivity index (χ2v) is 7.81. The molecule has 0 fully saturated rings. The Morgan fingerprint density at radius 1 is 1.34 bits per heavy atom. The minimum absolute atomic E-state index is 0.117. The number of aliphatic hydroxyl groups excluding tert-OH is 2. The Labute approximate surface area is 184 Å². The average molecular weight is 518 g/mol. The number of halogens is 1. The lowest BCUT2D eigenvalue weighted by atomic mass is 9.88. The molecule has 0 heterocycles. The summed E-state index contributed by atoms with van der Waals surface area (Å²) in [4.78, 5) is 26.3. The van der Waals surface area contributed by atoms with Crippen LogP contribution < -0.4 is 10.1 Å². The summed E-state index contributed by atoms with van der Waals surface area (Å²) in [6.07, 6.45) is -0.0796. The van der Waals surface area contributed by atoms with Gasteiger partial charge >= 0.3 is 0 Å². The van der Waals surface area contributed by atoms with Gasteiger partial charge in [0.2, 0.25) is 11.8 Å². The van der Waals surface area contributed by atoms with Crippen molar-refractivity contribution in [2.24, 2.45) is 0 Å². The zero-order valence-electron chi connectivity index (χ0n) is 16.5. The lowest BCUT2D eigenvalue weighted by Crippen LogP contribution is -2.55. The highest BCUT2D eigenvalue weighted by Crippen LogP contribution is 2.29. The number of aliphatic hydroxyl groups is 2. The summed E-state index contributed by atoms with van der Waals surface area (Å²) in [5, 5.41) is 22.6. The average Bonchev–Trinajstić information content (AvgIpc) is 2.70. The first-order valence-electron chi connectivity index (χ1n) is 9.34. The van der Waals surface area contributed by atoms with Gasteiger partial charge in [0.25, 0.3) is 0 Å². The summed E-state index contributed by atoms with van der Waals surface area (Å²) < 4.78 is 12.0. The number of carbonyl (C=O) groups is 2. The van der Waals surface area contributed by atoms with Crippen LogP contribution in [0.15, 0.2) is 35.9 Å². The Morgan fingerprint density at radius 3 is 2.69 bits per heavy atom. The van der Waals surface area contributed by atoms with Gasteiger partial charge < -0.3 is 29.9 Å². The summed E-state index contributed by atoms with van der Waals surface area (Å²) in [5.74, 6) is -0.00542. The number of ether oxygens (including phenoxy) is 2. The number of benzene rings is 1. The minimum Gasteiger partial charge on any atom is -0.482 e. The van der Waals surface area contributed by atoms with Crippen molar-refractivity contribution in [3.63, 3.8) is 0 Å². The molecule has 0 saturated carbocycles. The summed E-state index contributed by atoms with van der Waals surface area (Å²) in [6, 6.07) is 6.71. The molecule has 1 aromatic carbocycles. The van der Waals surface area contributed by atoms with Crippen LogP contribution in [0.5, 0.6) is 5.75 Å². The third-order valence-electron chi connectivity index (χ3n) is 4.66. The van der Waals surface area contributed by atoms with Crippen molar-refractivity contribution in [3.8, 4) is 5.75 Å². The van der Waals surface area contributed by atoms with Crippen molar-refractivity contribution in [3.05, 3.63) is 39.5 Å². The standard InChI is InChI=1S/C20H27IN2O6/c1-13(25)23(8-10-28-2)16-11-14(20(27)22-7-9-24)12-18(19(16)26)29-17-6-4-3-5-15(17)21/h3-6,12,16,18-19,24,26H,7-11H2,1-2H3,(H,22,27). The van der Waals surface area contributed by atoms with Crippen LogP contribution in [0.2, 0.25) is 0 Å². The first-order chi connectivity index (χ1) is 13.9. The maximum atomic E-state index is 12.5. The minimum atomic E-state index is -1.03. The fourth-order valence-corrected chi connectivity index (χ4v) is 3.73. The molecule has 0 radical (unpaired) electrons. The molecule has 160 valence electrons. The second kappa shape index (κ2) is 11.5. The number of hydrogen-bond donors (Lipinski definition) is 3. The van der Waals surface area contributed by atoms with E-state index in [0.29, 0.717) is 17.9 Å². The molecular formula is C20H27IN2O6. The molecule has 8 nitrogen and oxygen atoms in total. The van der Waals surface area contributed by atoms with Crippen LogP contribution in [-0.4, -0.2) is 78.6 Å². The van der Waals surface area contributed by atoms with Crippen LogP contribution in [0.3, 0.4) is 0 Å². The molecule has 0 spiro atoms. The number of carbonyl (C=O) groups excluding carboxylic acids is 2. The molecule has 1 aliphatic rings. The molecule has 3 atom stereocenters. The van der Waals surface area contributed by atoms with E-state index >= 15 is 0 Å². The number of nitrogens with one attached hydrogen (secondary N) is 1. The fourth-order valence-electron chi connectivity index (χ4n) is 3.21. The van der Waals surface area contributed by atoms with E-state index in [1.807, 2.05) is 18.2 Å². The molecule has 9 heteroatoms. The normalized spacial score (nSPS) is 21.3. The predicted molar refractivity (Wildman–Crippen MR) is 115 cm³/mol. The van der Waals surface area contributed by atoms with Crippen LogP contribution in [0.25, 0.3) is 0 Å². The van der Waals surface area contributed by atoms with Crippen molar-refractivity contribution in [2.45, 2.75) is 31.6 Å². The molecule has 2 amide bonds. The molecule has 3 unspecified atom stereocenters. The molecule has 0 aliphatic heterocycles. The highest BCUT2D eigenvalue weighted by molar-refractivity contribution is 14.1. The summed E-state index contributed by atoms with van der Waals surface area (Å²) in [7, 11) is 1.53. The summed E-state index contributed by atoms with van der Waals surface area (Å²) >= 11 is 2.13. The van der Waals surface area contributed by atoms with E-state index in [1.54, 1.807) is 12.1 Å². The zero-order chi connectivity index (χ0) is 21.4. The van der Waals surface area contributed by atoms with E-state index < -0.39 is 18.2 Å². The molecule has 0 aromatic heterocycles. The highest BCUT2D eigenvalue weighted by atomic mass is 127. The van der Waals surface area contributed by atoms with Crippen molar-refractivity contribution >= 4 is 34.4 Å². The number of hydrogen-bond acceptors (Lipinski definition) is 6. The lowest BCUT2D eigenvalue weighted by Gasteiger charge is -2.40. The third kappa shape index (κ3) is 6.39. The molecular weight excluding hydrogens is 491 g/mol. The van der Waals surface area contributed by atoms with Gasteiger partial charge in [-0.05, 0) is 40.8 Å². The quantitative estimate of drug-likeness (QED) is 0.416. The Bertz CT molecular complexity index is 741. The first kappa shape index (κ1) is 23.6. The Hall–Kier alpha value is -1.69. The summed E-state index contributed by atoms with van der Waals surface area (Å²) in [5.41, 5.74) is 0.397. The molecule has 1 aliphatic carbocycles. The molecule has 3 N–H and O–H groups in total. The Kier molecular flexibility index (Phi) is 9.34. The van der Waals surface area contributed by atoms with Gasteiger partial charge in [-0.25, -0.2) is 0 Å². The number of para-hydroxylation sites is 1. The van der Waals surface area contributed by atoms with Gasteiger partial charge in [0.1, 0.15) is 18.0 Å². The topological polar surface area (TPSA) is 108 Å². The SMILES string of the molecule is COCCN(C(C)=O)C1CC(C(=O)NCCO)=CC(Oc2ccccc2I)C1O. The van der Waals surface area contributed by atoms with E-state index in [1.165, 1.54) is 18.9 Å². The van der Waals surface area contributed by atoms with Gasteiger partial charge in [0.15, 0.2) is 0 Å². The maximum absolute atomic E-state index is 12.5. The third-order valence-corrected chi connectivity index (χ3v) is 5.55. The van der Waals surface area contributed by atoms with E-state index in [2.05, 4.69) is 27.9 Å². The van der Waals surface area contributed by atoms with Crippen LogP contribution in [0.4, 0.5) is 0 Å². The molecule has 2 rings (SSSR count). The van der Waals surface area contributed by atoms with Crippen LogP contribution in [0.1, 0.15) is 13.3 Å². The van der Waals surface area contributed by atoms with Gasteiger partial charge in [-0.1, -0.05) is 12.1 Å². The second-order valence-electron chi connectivity index (χ2n) is 6.65. The van der Waals surface area contributed by atoms with Crippen LogP contribution >= 0.6 is 22.6 Å². The molecule has 0 bridgehead atoms. The number of amides is 2. The lowest BCUT2D eigenvalue weighted by molar-refractivity contribution is -0.137. The van der Waals surface area contributed by atoms with Crippen molar-refractivity contribution in [1.29, 1.82) is 0 Å². The molecule has 1 aromatic rings. The van der Waals surface area contributed by atoms with Gasteiger partial charge in [0.05, 0.1) is 22.8 Å². The largest absolute Gasteiger partial charge is 0.482 e. The van der Waals surface area contributed by atoms with E-state index in [4.69, 9.17) is 14.6 Å². The highest BCUT2D eigenvalue weighted by Gasteiger charge is 2.39. The van der Waals surface area contributed by atoms with E-state index in [-0.39, 0.29) is 37.9 Å². The predicted octanol–water partition coefficient (Wildman–Crippen LogP) is 0.702. The van der Waals surface area contributed by atoms with Crippen molar-refractivity contribution < 1.29 is 29.3 Å². The summed E-state index contributed by atoms with van der Waals surface area (Å²) in [6.45, 7) is 1.95. The van der Waals surface area contributed by atoms with Gasteiger partial charge in [-0.3, -0.25) is 9.59 Å². The fraction of sp³-hybridized carbons (Fsp3) is 0.500.